The van der Waals surface area contributed by atoms with Crippen molar-refractivity contribution in [1.82, 2.24) is 4.72 Å². The van der Waals surface area contributed by atoms with E-state index in [9.17, 15) is 8.42 Å². The van der Waals surface area contributed by atoms with Crippen molar-refractivity contribution >= 4 is 21.4 Å². The van der Waals surface area contributed by atoms with Gasteiger partial charge in [-0.15, -0.1) is 11.3 Å². The molecule has 0 unspecified atom stereocenters. The summed E-state index contributed by atoms with van der Waals surface area (Å²) in [6.45, 7) is 0.671. The van der Waals surface area contributed by atoms with Crippen LogP contribution in [0.15, 0.2) is 21.7 Å². The van der Waals surface area contributed by atoms with E-state index in [4.69, 9.17) is 5.90 Å². The quantitative estimate of drug-likeness (QED) is 0.550. The lowest BCUT2D eigenvalue weighted by atomic mass is 10.5. The monoisotopic (exact) mass is 236 g/mol. The molecule has 0 atom stereocenters. The van der Waals surface area contributed by atoms with Crippen molar-refractivity contribution in [3.63, 3.8) is 0 Å². The van der Waals surface area contributed by atoms with E-state index < -0.39 is 10.0 Å². The van der Waals surface area contributed by atoms with Gasteiger partial charge in [-0.1, -0.05) is 6.07 Å². The van der Waals surface area contributed by atoms with E-state index in [0.29, 0.717) is 23.8 Å². The third-order valence-electron chi connectivity index (χ3n) is 1.49. The molecule has 0 saturated carbocycles. The number of sulfonamides is 1. The molecule has 1 aromatic heterocycles. The highest BCUT2D eigenvalue weighted by molar-refractivity contribution is 7.91. The number of nitrogens with one attached hydrogen (secondary N) is 1. The number of rotatable bonds is 6. The van der Waals surface area contributed by atoms with Gasteiger partial charge in [0.05, 0.1) is 6.61 Å². The van der Waals surface area contributed by atoms with Gasteiger partial charge in [-0.25, -0.2) is 19.0 Å². The largest absolute Gasteiger partial charge is 0.305 e. The van der Waals surface area contributed by atoms with Gasteiger partial charge in [0, 0.05) is 6.54 Å². The summed E-state index contributed by atoms with van der Waals surface area (Å²) >= 11 is 1.19. The van der Waals surface area contributed by atoms with Crippen LogP contribution < -0.4 is 10.6 Å². The van der Waals surface area contributed by atoms with Gasteiger partial charge in [0.1, 0.15) is 4.21 Å². The zero-order chi connectivity index (χ0) is 10.4. The maximum Gasteiger partial charge on any atom is 0.250 e. The summed E-state index contributed by atoms with van der Waals surface area (Å²) in [6.07, 6.45) is 0.557. The Balaban J connectivity index is 2.44. The molecule has 7 heteroatoms. The van der Waals surface area contributed by atoms with Gasteiger partial charge in [-0.05, 0) is 17.9 Å². The van der Waals surface area contributed by atoms with Gasteiger partial charge in [0.2, 0.25) is 10.0 Å². The van der Waals surface area contributed by atoms with E-state index in [1.54, 1.807) is 17.5 Å². The molecule has 5 nitrogen and oxygen atoms in total. The molecule has 1 aromatic rings. The summed E-state index contributed by atoms with van der Waals surface area (Å²) in [7, 11) is -3.33. The highest BCUT2D eigenvalue weighted by Gasteiger charge is 2.13. The first-order valence-corrected chi connectivity index (χ1v) is 6.38. The van der Waals surface area contributed by atoms with E-state index >= 15 is 0 Å². The first-order chi connectivity index (χ1) is 6.67. The minimum absolute atomic E-state index is 0.325. The van der Waals surface area contributed by atoms with Crippen LogP contribution in [0.1, 0.15) is 6.42 Å². The minimum atomic E-state index is -3.33. The standard InChI is InChI=1S/C7H12N2O3S2/c8-12-5-2-4-9-14(10,11)7-3-1-6-13-7/h1,3,6,9H,2,4-5,8H2. The number of thiophene rings is 1. The van der Waals surface area contributed by atoms with Gasteiger partial charge >= 0.3 is 0 Å². The number of nitrogens with two attached hydrogens (primary N) is 1. The topological polar surface area (TPSA) is 81.4 Å². The molecule has 0 aliphatic carbocycles. The third kappa shape index (κ3) is 3.35. The Hall–Kier alpha value is -0.470. The lowest BCUT2D eigenvalue weighted by Crippen LogP contribution is -2.25. The van der Waals surface area contributed by atoms with Crippen LogP contribution in [0.4, 0.5) is 0 Å². The second kappa shape index (κ2) is 5.42. The van der Waals surface area contributed by atoms with Crippen LogP contribution in [0.5, 0.6) is 0 Å². The Labute approximate surface area is 86.9 Å². The van der Waals surface area contributed by atoms with E-state index in [1.807, 2.05) is 0 Å². The summed E-state index contributed by atoms with van der Waals surface area (Å²) in [5.41, 5.74) is 0. The molecule has 3 N–H and O–H groups in total. The fraction of sp³-hybridized carbons (Fsp3) is 0.429. The van der Waals surface area contributed by atoms with Crippen molar-refractivity contribution in [2.45, 2.75) is 10.6 Å². The maximum absolute atomic E-state index is 11.5. The average Bonchev–Trinajstić information content (AvgIpc) is 2.65. The molecule has 0 bridgehead atoms. The van der Waals surface area contributed by atoms with Gasteiger partial charge in [-0.2, -0.15) is 0 Å². The Morgan fingerprint density at radius 1 is 1.57 bits per heavy atom. The lowest BCUT2D eigenvalue weighted by molar-refractivity contribution is 0.136. The predicted molar refractivity (Wildman–Crippen MR) is 54.3 cm³/mol. The van der Waals surface area contributed by atoms with Gasteiger partial charge in [0.15, 0.2) is 0 Å². The summed E-state index contributed by atoms with van der Waals surface area (Å²) in [6, 6.07) is 3.26. The van der Waals surface area contributed by atoms with Crippen molar-refractivity contribution < 1.29 is 13.3 Å². The zero-order valence-electron chi connectivity index (χ0n) is 7.47. The Bertz CT molecular complexity index is 347. The zero-order valence-corrected chi connectivity index (χ0v) is 9.10. The fourth-order valence-electron chi connectivity index (χ4n) is 0.850. The van der Waals surface area contributed by atoms with Crippen LogP contribution in [0.3, 0.4) is 0 Å². The third-order valence-corrected chi connectivity index (χ3v) is 4.35. The molecule has 1 heterocycles. The van der Waals surface area contributed by atoms with Gasteiger partial charge < -0.3 is 4.84 Å². The maximum atomic E-state index is 11.5. The van der Waals surface area contributed by atoms with Crippen molar-refractivity contribution in [2.75, 3.05) is 13.2 Å². The lowest BCUT2D eigenvalue weighted by Gasteiger charge is -2.03. The summed E-state index contributed by atoms with van der Waals surface area (Å²) < 4.78 is 25.7. The van der Waals surface area contributed by atoms with Crippen molar-refractivity contribution in [1.29, 1.82) is 0 Å². The summed E-state index contributed by atoms with van der Waals surface area (Å²) in [5, 5.41) is 1.72. The molecular formula is C7H12N2O3S2. The molecular weight excluding hydrogens is 224 g/mol. The predicted octanol–water partition coefficient (Wildman–Crippen LogP) is 0.307. The highest BCUT2D eigenvalue weighted by Crippen LogP contribution is 2.14. The van der Waals surface area contributed by atoms with Crippen LogP contribution in [-0.2, 0) is 14.9 Å². The molecule has 80 valence electrons. The van der Waals surface area contributed by atoms with Crippen LogP contribution in [-0.4, -0.2) is 21.6 Å². The molecule has 1 rings (SSSR count). The highest BCUT2D eigenvalue weighted by atomic mass is 32.2. The SMILES string of the molecule is NOCCCNS(=O)(=O)c1cccs1. The number of hydrogen-bond acceptors (Lipinski definition) is 5. The normalized spacial score (nSPS) is 11.8. The van der Waals surface area contributed by atoms with Crippen LogP contribution in [0.25, 0.3) is 0 Å². The Kier molecular flexibility index (Phi) is 4.49. The Morgan fingerprint density at radius 3 is 2.93 bits per heavy atom. The van der Waals surface area contributed by atoms with Crippen molar-refractivity contribution in [2.24, 2.45) is 5.90 Å². The molecule has 0 aliphatic heterocycles. The summed E-state index contributed by atoms with van der Waals surface area (Å²) in [5.74, 6) is 4.80. The first-order valence-electron chi connectivity index (χ1n) is 4.01. The average molecular weight is 236 g/mol. The second-order valence-corrected chi connectivity index (χ2v) is 5.50. The van der Waals surface area contributed by atoms with E-state index in [-0.39, 0.29) is 0 Å². The van der Waals surface area contributed by atoms with Crippen LogP contribution in [0.2, 0.25) is 0 Å². The Morgan fingerprint density at radius 2 is 2.36 bits per heavy atom. The molecule has 0 amide bonds. The van der Waals surface area contributed by atoms with E-state index in [2.05, 4.69) is 9.56 Å². The molecule has 0 fully saturated rings. The molecule has 14 heavy (non-hydrogen) atoms. The molecule has 0 aromatic carbocycles. The minimum Gasteiger partial charge on any atom is -0.305 e. The van der Waals surface area contributed by atoms with Crippen LogP contribution >= 0.6 is 11.3 Å². The molecule has 0 aliphatic rings. The second-order valence-electron chi connectivity index (χ2n) is 2.55. The molecule has 0 radical (unpaired) electrons. The van der Waals surface area contributed by atoms with Crippen LogP contribution in [0, 0.1) is 0 Å². The van der Waals surface area contributed by atoms with Crippen molar-refractivity contribution in [3.8, 4) is 0 Å². The number of hydrogen-bond donors (Lipinski definition) is 2. The first kappa shape index (κ1) is 11.6. The van der Waals surface area contributed by atoms with Gasteiger partial charge in [-0.3, -0.25) is 0 Å². The van der Waals surface area contributed by atoms with E-state index in [1.165, 1.54) is 11.3 Å². The van der Waals surface area contributed by atoms with E-state index in [0.717, 1.165) is 0 Å². The summed E-state index contributed by atoms with van der Waals surface area (Å²) in [4.78, 5) is 4.32. The fourth-order valence-corrected chi connectivity index (χ4v) is 2.96. The van der Waals surface area contributed by atoms with Gasteiger partial charge in [0.25, 0.3) is 0 Å². The molecule has 0 spiro atoms. The van der Waals surface area contributed by atoms with Crippen molar-refractivity contribution in [3.05, 3.63) is 17.5 Å². The smallest absolute Gasteiger partial charge is 0.250 e. The molecule has 0 saturated heterocycles.